The van der Waals surface area contributed by atoms with Gasteiger partial charge in [0, 0.05) is 19.2 Å². The van der Waals surface area contributed by atoms with Crippen LogP contribution in [-0.2, 0) is 14.9 Å². The largest absolute Gasteiger partial charge is 0.389 e. The Morgan fingerprint density at radius 1 is 1.44 bits per heavy atom. The fraction of sp³-hybridized carbons (Fsp3) is 0.300. The van der Waals surface area contributed by atoms with Gasteiger partial charge in [0.05, 0.1) is 12.3 Å². The summed E-state index contributed by atoms with van der Waals surface area (Å²) in [5.74, 6) is 0. The Hall–Kier alpha value is -1.22. The van der Waals surface area contributed by atoms with Crippen LogP contribution in [-0.4, -0.2) is 33.7 Å². The first-order valence-electron chi connectivity index (χ1n) is 5.11. The molecule has 1 aromatic carbocycles. The number of thiocarbonyl (C=S) groups is 1. The molecule has 0 spiro atoms. The molecule has 0 aliphatic heterocycles. The molecule has 100 valence electrons. The molecule has 0 radical (unpaired) electrons. The van der Waals surface area contributed by atoms with Crippen LogP contribution in [0.25, 0.3) is 0 Å². The maximum absolute atomic E-state index is 11.7. The molecule has 0 heterocycles. The number of hydrogen-bond acceptors (Lipinski definition) is 4. The minimum atomic E-state index is -3.66. The minimum absolute atomic E-state index is 0.130. The third-order valence-corrected chi connectivity index (χ3v) is 3.33. The second-order valence-electron chi connectivity index (χ2n) is 3.40. The molecule has 0 saturated heterocycles. The molecule has 0 aliphatic rings. The summed E-state index contributed by atoms with van der Waals surface area (Å²) >= 11 is 4.85. The number of ether oxygens (including phenoxy) is 1. The second kappa shape index (κ2) is 6.64. The highest BCUT2D eigenvalue weighted by atomic mass is 32.2. The number of hydrogen-bond donors (Lipinski definition) is 3. The number of rotatable bonds is 7. The number of benzene rings is 1. The van der Waals surface area contributed by atoms with Crippen molar-refractivity contribution in [2.45, 2.75) is 0 Å². The zero-order valence-electron chi connectivity index (χ0n) is 9.84. The topological polar surface area (TPSA) is 93.4 Å². The highest BCUT2D eigenvalue weighted by Gasteiger charge is 2.12. The van der Waals surface area contributed by atoms with Crippen LogP contribution in [0.15, 0.2) is 24.3 Å². The van der Waals surface area contributed by atoms with E-state index in [1.165, 1.54) is 7.11 Å². The van der Waals surface area contributed by atoms with Gasteiger partial charge in [-0.05, 0) is 12.1 Å². The van der Waals surface area contributed by atoms with Gasteiger partial charge in [0.2, 0.25) is 0 Å². The number of para-hydroxylation sites is 1. The SMILES string of the molecule is COCCNS(=O)(=O)Nc1ccccc1C(N)=S. The predicted octanol–water partition coefficient (Wildman–Crippen LogP) is 0.213. The van der Waals surface area contributed by atoms with E-state index in [2.05, 4.69) is 9.44 Å². The standard InChI is InChI=1S/C10H15N3O3S2/c1-16-7-6-12-18(14,15)13-9-5-3-2-4-8(9)10(11)17/h2-5,12-13H,6-7H2,1H3,(H2,11,17). The summed E-state index contributed by atoms with van der Waals surface area (Å²) in [4.78, 5) is 0.130. The van der Waals surface area contributed by atoms with Crippen molar-refractivity contribution in [3.8, 4) is 0 Å². The summed E-state index contributed by atoms with van der Waals surface area (Å²) < 4.78 is 32.8. The fourth-order valence-corrected chi connectivity index (χ4v) is 2.32. The lowest BCUT2D eigenvalue weighted by atomic mass is 10.2. The van der Waals surface area contributed by atoms with Crippen LogP contribution >= 0.6 is 12.2 Å². The summed E-state index contributed by atoms with van der Waals surface area (Å²) in [6.45, 7) is 0.471. The normalized spacial score (nSPS) is 11.2. The molecule has 0 amide bonds. The maximum Gasteiger partial charge on any atom is 0.299 e. The van der Waals surface area contributed by atoms with Gasteiger partial charge >= 0.3 is 0 Å². The highest BCUT2D eigenvalue weighted by molar-refractivity contribution is 7.90. The Kier molecular flexibility index (Phi) is 5.48. The van der Waals surface area contributed by atoms with Gasteiger partial charge in [-0.1, -0.05) is 24.4 Å². The van der Waals surface area contributed by atoms with Crippen molar-refractivity contribution in [1.82, 2.24) is 4.72 Å². The number of methoxy groups -OCH3 is 1. The molecular weight excluding hydrogens is 274 g/mol. The van der Waals surface area contributed by atoms with Gasteiger partial charge in [0.15, 0.2) is 0 Å². The van der Waals surface area contributed by atoms with Crippen LogP contribution < -0.4 is 15.2 Å². The quantitative estimate of drug-likeness (QED) is 0.493. The van der Waals surface area contributed by atoms with E-state index in [4.69, 9.17) is 22.7 Å². The first kappa shape index (κ1) is 14.8. The number of nitrogens with two attached hydrogens (primary N) is 1. The summed E-state index contributed by atoms with van der Waals surface area (Å²) in [6.07, 6.45) is 0. The summed E-state index contributed by atoms with van der Waals surface area (Å²) in [5, 5.41) is 0. The molecule has 8 heteroatoms. The van der Waals surface area contributed by atoms with E-state index < -0.39 is 10.2 Å². The monoisotopic (exact) mass is 289 g/mol. The third kappa shape index (κ3) is 4.57. The van der Waals surface area contributed by atoms with Gasteiger partial charge in [-0.25, -0.2) is 0 Å². The Morgan fingerprint density at radius 2 is 2.11 bits per heavy atom. The Labute approximate surface area is 112 Å². The van der Waals surface area contributed by atoms with Crippen LogP contribution in [0.3, 0.4) is 0 Å². The fourth-order valence-electron chi connectivity index (χ4n) is 1.25. The first-order chi connectivity index (χ1) is 8.46. The van der Waals surface area contributed by atoms with Crippen molar-refractivity contribution in [3.63, 3.8) is 0 Å². The number of anilines is 1. The van der Waals surface area contributed by atoms with Gasteiger partial charge in [0.1, 0.15) is 4.99 Å². The van der Waals surface area contributed by atoms with Crippen LogP contribution in [0.5, 0.6) is 0 Å². The summed E-state index contributed by atoms with van der Waals surface area (Å²) in [6, 6.07) is 6.65. The van der Waals surface area contributed by atoms with E-state index >= 15 is 0 Å². The molecule has 6 nitrogen and oxygen atoms in total. The van der Waals surface area contributed by atoms with E-state index in [1.54, 1.807) is 24.3 Å². The summed E-state index contributed by atoms with van der Waals surface area (Å²) in [7, 11) is -2.17. The van der Waals surface area contributed by atoms with Crippen LogP contribution in [0, 0.1) is 0 Å². The van der Waals surface area contributed by atoms with E-state index in [0.29, 0.717) is 11.3 Å². The third-order valence-electron chi connectivity index (χ3n) is 2.04. The lowest BCUT2D eigenvalue weighted by Gasteiger charge is -2.12. The lowest BCUT2D eigenvalue weighted by Crippen LogP contribution is -2.33. The summed E-state index contributed by atoms with van der Waals surface area (Å²) in [5.41, 5.74) is 6.33. The average Bonchev–Trinajstić information content (AvgIpc) is 2.29. The molecule has 1 rings (SSSR count). The molecule has 0 bridgehead atoms. The zero-order valence-corrected chi connectivity index (χ0v) is 11.5. The highest BCUT2D eigenvalue weighted by Crippen LogP contribution is 2.15. The lowest BCUT2D eigenvalue weighted by molar-refractivity contribution is 0.204. The average molecular weight is 289 g/mol. The molecule has 18 heavy (non-hydrogen) atoms. The predicted molar refractivity (Wildman–Crippen MR) is 74.8 cm³/mol. The van der Waals surface area contributed by atoms with Gasteiger partial charge in [-0.15, -0.1) is 0 Å². The maximum atomic E-state index is 11.7. The van der Waals surface area contributed by atoms with Gasteiger partial charge < -0.3 is 10.5 Å². The Morgan fingerprint density at radius 3 is 2.72 bits per heavy atom. The first-order valence-corrected chi connectivity index (χ1v) is 7.00. The molecule has 4 N–H and O–H groups in total. The smallest absolute Gasteiger partial charge is 0.299 e. The molecular formula is C10H15N3O3S2. The van der Waals surface area contributed by atoms with Crippen molar-refractivity contribution in [2.24, 2.45) is 5.73 Å². The van der Waals surface area contributed by atoms with Crippen LogP contribution in [0.4, 0.5) is 5.69 Å². The Balaban J connectivity index is 2.81. The molecule has 0 unspecified atom stereocenters. The molecule has 0 saturated carbocycles. The van der Waals surface area contributed by atoms with E-state index in [0.717, 1.165) is 0 Å². The van der Waals surface area contributed by atoms with Gasteiger partial charge in [-0.2, -0.15) is 13.1 Å². The van der Waals surface area contributed by atoms with E-state index in [1.807, 2.05) is 0 Å². The molecule has 0 atom stereocenters. The molecule has 1 aromatic rings. The Bertz CT molecular complexity index is 517. The molecule has 0 aromatic heterocycles. The van der Waals surface area contributed by atoms with E-state index in [9.17, 15) is 8.42 Å². The molecule has 0 aliphatic carbocycles. The van der Waals surface area contributed by atoms with Crippen molar-refractivity contribution >= 4 is 33.1 Å². The van der Waals surface area contributed by atoms with Gasteiger partial charge in [-0.3, -0.25) is 4.72 Å². The van der Waals surface area contributed by atoms with Gasteiger partial charge in [0.25, 0.3) is 10.2 Å². The van der Waals surface area contributed by atoms with E-state index in [-0.39, 0.29) is 18.1 Å². The molecule has 0 fully saturated rings. The van der Waals surface area contributed by atoms with Crippen LogP contribution in [0.1, 0.15) is 5.56 Å². The zero-order chi connectivity index (χ0) is 13.6. The van der Waals surface area contributed by atoms with Crippen LogP contribution in [0.2, 0.25) is 0 Å². The van der Waals surface area contributed by atoms with Crippen molar-refractivity contribution < 1.29 is 13.2 Å². The second-order valence-corrected chi connectivity index (χ2v) is 5.34. The number of nitrogens with one attached hydrogen (secondary N) is 2. The van der Waals surface area contributed by atoms with Crippen molar-refractivity contribution in [1.29, 1.82) is 0 Å². The minimum Gasteiger partial charge on any atom is -0.389 e. The van der Waals surface area contributed by atoms with Crippen molar-refractivity contribution in [2.75, 3.05) is 25.0 Å². The van der Waals surface area contributed by atoms with Crippen molar-refractivity contribution in [3.05, 3.63) is 29.8 Å².